The van der Waals surface area contributed by atoms with Crippen LogP contribution >= 0.6 is 0 Å². The Morgan fingerprint density at radius 3 is 2.34 bits per heavy atom. The van der Waals surface area contributed by atoms with E-state index in [1.807, 2.05) is 44.2 Å². The number of anilines is 1. The van der Waals surface area contributed by atoms with E-state index in [1.165, 1.54) is 24.1 Å². The average Bonchev–Trinajstić information content (AvgIpc) is 3.36. The lowest BCUT2D eigenvalue weighted by molar-refractivity contribution is -0.155. The van der Waals surface area contributed by atoms with Crippen molar-refractivity contribution < 1.29 is 28.7 Å². The van der Waals surface area contributed by atoms with Crippen LogP contribution in [0.4, 0.5) is 10.5 Å². The first-order valence-corrected chi connectivity index (χ1v) is 11.6. The highest BCUT2D eigenvalue weighted by Gasteiger charge is 2.39. The number of likely N-dealkylation sites (tertiary alicyclic amines) is 1. The number of esters is 2. The maximum absolute atomic E-state index is 13.3. The second-order valence-electron chi connectivity index (χ2n) is 8.67. The monoisotopic (exact) mass is 481 g/mol. The van der Waals surface area contributed by atoms with Crippen LogP contribution in [0.3, 0.4) is 0 Å². The number of carbonyl (C=O) groups is 4. The van der Waals surface area contributed by atoms with Crippen LogP contribution in [0.15, 0.2) is 54.6 Å². The molecule has 0 spiro atoms. The van der Waals surface area contributed by atoms with Crippen molar-refractivity contribution in [1.82, 2.24) is 10.2 Å². The second kappa shape index (κ2) is 12.0. The molecule has 2 aromatic rings. The molecule has 35 heavy (non-hydrogen) atoms. The van der Waals surface area contributed by atoms with Gasteiger partial charge in [0.05, 0.1) is 12.7 Å². The first-order valence-electron chi connectivity index (χ1n) is 11.6. The average molecular weight is 482 g/mol. The number of hydrogen-bond donors (Lipinski definition) is 2. The normalized spacial score (nSPS) is 15.9. The first-order chi connectivity index (χ1) is 16.8. The van der Waals surface area contributed by atoms with E-state index in [4.69, 9.17) is 4.74 Å². The summed E-state index contributed by atoms with van der Waals surface area (Å²) in [4.78, 5) is 51.8. The molecule has 1 saturated heterocycles. The summed E-state index contributed by atoms with van der Waals surface area (Å²) in [6.45, 7) is 4.21. The van der Waals surface area contributed by atoms with E-state index < -0.39 is 30.1 Å². The van der Waals surface area contributed by atoms with Crippen LogP contribution in [0, 0.1) is 5.92 Å². The quantitative estimate of drug-likeness (QED) is 0.559. The Labute approximate surface area is 204 Å². The molecule has 1 fully saturated rings. The number of rotatable bonds is 8. The Hall–Kier alpha value is -3.88. The van der Waals surface area contributed by atoms with Gasteiger partial charge in [-0.05, 0) is 48.6 Å². The number of urea groups is 1. The molecule has 0 aliphatic carbocycles. The van der Waals surface area contributed by atoms with E-state index in [-0.39, 0.29) is 18.4 Å². The number of hydrogen-bond acceptors (Lipinski definition) is 6. The fourth-order valence-electron chi connectivity index (χ4n) is 3.91. The maximum atomic E-state index is 13.3. The summed E-state index contributed by atoms with van der Waals surface area (Å²) in [5, 5.41) is 5.39. The molecule has 2 atom stereocenters. The predicted molar refractivity (Wildman–Crippen MR) is 130 cm³/mol. The molecule has 0 radical (unpaired) electrons. The van der Waals surface area contributed by atoms with Gasteiger partial charge in [-0.1, -0.05) is 44.2 Å². The van der Waals surface area contributed by atoms with Crippen molar-refractivity contribution in [3.63, 3.8) is 0 Å². The van der Waals surface area contributed by atoms with Gasteiger partial charge in [-0.3, -0.25) is 4.79 Å². The van der Waals surface area contributed by atoms with E-state index in [2.05, 4.69) is 15.4 Å². The molecule has 0 saturated carbocycles. The summed E-state index contributed by atoms with van der Waals surface area (Å²) in [6, 6.07) is 13.5. The zero-order chi connectivity index (χ0) is 25.4. The van der Waals surface area contributed by atoms with Gasteiger partial charge in [0, 0.05) is 12.2 Å². The fourth-order valence-corrected chi connectivity index (χ4v) is 3.91. The third-order valence-corrected chi connectivity index (χ3v) is 5.82. The van der Waals surface area contributed by atoms with Crippen LogP contribution in [0.5, 0.6) is 0 Å². The zero-order valence-corrected chi connectivity index (χ0v) is 20.2. The summed E-state index contributed by atoms with van der Waals surface area (Å²) in [7, 11) is 1.29. The van der Waals surface area contributed by atoms with Gasteiger partial charge >= 0.3 is 18.0 Å². The number of nitrogens with zero attached hydrogens (tertiary/aromatic N) is 1. The van der Waals surface area contributed by atoms with Crippen LogP contribution in [-0.4, -0.2) is 54.5 Å². The number of carbonyl (C=O) groups excluding carboxylic acids is 4. The van der Waals surface area contributed by atoms with Gasteiger partial charge in [0.2, 0.25) is 5.91 Å². The first kappa shape index (κ1) is 25.7. The molecule has 9 heteroatoms. The lowest BCUT2D eigenvalue weighted by Crippen LogP contribution is -2.54. The smallest absolute Gasteiger partial charge is 0.337 e. The minimum absolute atomic E-state index is 0.140. The van der Waals surface area contributed by atoms with Crippen LogP contribution in [0.25, 0.3) is 0 Å². The number of nitrogens with one attached hydrogen (secondary N) is 2. The number of amides is 3. The van der Waals surface area contributed by atoms with Crippen LogP contribution in [0.1, 0.15) is 42.6 Å². The number of benzene rings is 2. The van der Waals surface area contributed by atoms with Crippen molar-refractivity contribution in [3.8, 4) is 0 Å². The molecule has 3 amide bonds. The van der Waals surface area contributed by atoms with Crippen LogP contribution < -0.4 is 10.6 Å². The predicted octanol–water partition coefficient (Wildman–Crippen LogP) is 3.35. The molecule has 0 unspecified atom stereocenters. The largest absolute Gasteiger partial charge is 0.465 e. The maximum Gasteiger partial charge on any atom is 0.337 e. The molecule has 1 heterocycles. The van der Waals surface area contributed by atoms with Crippen molar-refractivity contribution in [1.29, 1.82) is 0 Å². The van der Waals surface area contributed by atoms with Crippen molar-refractivity contribution in [3.05, 3.63) is 65.7 Å². The van der Waals surface area contributed by atoms with Crippen molar-refractivity contribution >= 4 is 29.6 Å². The standard InChI is InChI=1S/C26H31N3O6/c1-17(2)22(28-26(33)27-20-13-11-19(12-14-20)24(31)34-3)23(30)29-15-7-10-21(29)25(32)35-16-18-8-5-4-6-9-18/h4-6,8-9,11-14,17,21-22H,7,10,15-16H2,1-3H3,(H2,27,28,33)/t21-,22-/m0/s1. The third-order valence-electron chi connectivity index (χ3n) is 5.82. The molecular formula is C26H31N3O6. The van der Waals surface area contributed by atoms with Crippen molar-refractivity contribution in [2.45, 2.75) is 45.4 Å². The van der Waals surface area contributed by atoms with Gasteiger partial charge in [-0.2, -0.15) is 0 Å². The Bertz CT molecular complexity index is 1040. The lowest BCUT2D eigenvalue weighted by atomic mass is 10.0. The van der Waals surface area contributed by atoms with E-state index in [0.717, 1.165) is 5.56 Å². The molecular weight excluding hydrogens is 450 g/mol. The Morgan fingerprint density at radius 1 is 1.03 bits per heavy atom. The van der Waals surface area contributed by atoms with Gasteiger partial charge in [-0.15, -0.1) is 0 Å². The van der Waals surface area contributed by atoms with Crippen LogP contribution in [0.2, 0.25) is 0 Å². The van der Waals surface area contributed by atoms with Gasteiger partial charge in [0.25, 0.3) is 0 Å². The summed E-state index contributed by atoms with van der Waals surface area (Å²) in [5.41, 5.74) is 1.68. The lowest BCUT2D eigenvalue weighted by Gasteiger charge is -2.30. The molecule has 2 N–H and O–H groups in total. The Kier molecular flexibility index (Phi) is 8.83. The number of methoxy groups -OCH3 is 1. The van der Waals surface area contributed by atoms with Gasteiger partial charge in [0.1, 0.15) is 18.7 Å². The highest BCUT2D eigenvalue weighted by molar-refractivity contribution is 5.96. The fraction of sp³-hybridized carbons (Fsp3) is 0.385. The summed E-state index contributed by atoms with van der Waals surface area (Å²) in [5.74, 6) is -1.46. The minimum atomic E-state index is -0.827. The van der Waals surface area contributed by atoms with E-state index in [0.29, 0.717) is 30.6 Å². The number of ether oxygens (including phenoxy) is 2. The van der Waals surface area contributed by atoms with E-state index in [9.17, 15) is 19.2 Å². The van der Waals surface area contributed by atoms with E-state index in [1.54, 1.807) is 12.1 Å². The summed E-state index contributed by atoms with van der Waals surface area (Å²) in [6.07, 6.45) is 1.20. The SMILES string of the molecule is COC(=O)c1ccc(NC(=O)N[C@H](C(=O)N2CCC[C@H]2C(=O)OCc2ccccc2)C(C)C)cc1. The molecule has 0 aromatic heterocycles. The van der Waals surface area contributed by atoms with Crippen molar-refractivity contribution in [2.75, 3.05) is 19.0 Å². The molecule has 9 nitrogen and oxygen atoms in total. The van der Waals surface area contributed by atoms with Gasteiger partial charge in [-0.25, -0.2) is 14.4 Å². The Morgan fingerprint density at radius 2 is 1.71 bits per heavy atom. The third kappa shape index (κ3) is 6.81. The van der Waals surface area contributed by atoms with Gasteiger partial charge < -0.3 is 25.0 Å². The highest BCUT2D eigenvalue weighted by atomic mass is 16.5. The van der Waals surface area contributed by atoms with Crippen molar-refractivity contribution in [2.24, 2.45) is 5.92 Å². The van der Waals surface area contributed by atoms with Gasteiger partial charge in [0.15, 0.2) is 0 Å². The Balaban J connectivity index is 1.60. The topological polar surface area (TPSA) is 114 Å². The van der Waals surface area contributed by atoms with E-state index >= 15 is 0 Å². The zero-order valence-electron chi connectivity index (χ0n) is 20.2. The molecule has 186 valence electrons. The molecule has 2 aromatic carbocycles. The summed E-state index contributed by atoms with van der Waals surface area (Å²) >= 11 is 0. The molecule has 3 rings (SSSR count). The van der Waals surface area contributed by atoms with Crippen LogP contribution in [-0.2, 0) is 25.7 Å². The highest BCUT2D eigenvalue weighted by Crippen LogP contribution is 2.22. The summed E-state index contributed by atoms with van der Waals surface area (Å²) < 4.78 is 10.1. The minimum Gasteiger partial charge on any atom is -0.465 e. The molecule has 1 aliphatic heterocycles. The molecule has 1 aliphatic rings. The second-order valence-corrected chi connectivity index (χ2v) is 8.67. The molecule has 0 bridgehead atoms.